The lowest BCUT2D eigenvalue weighted by atomic mass is 10.2. The number of aromatic hydroxyl groups is 1. The van der Waals surface area contributed by atoms with Gasteiger partial charge in [0.05, 0.1) is 6.54 Å². The van der Waals surface area contributed by atoms with Crippen LogP contribution in [0, 0.1) is 0 Å². The second-order valence-electron chi connectivity index (χ2n) is 3.20. The van der Waals surface area contributed by atoms with E-state index in [1.165, 1.54) is 0 Å². The minimum Gasteiger partial charge on any atom is -0.508 e. The first-order valence-electron chi connectivity index (χ1n) is 4.60. The van der Waals surface area contributed by atoms with Crippen molar-refractivity contribution in [1.29, 1.82) is 0 Å². The number of nitrogens with zero attached hydrogens (tertiary/aromatic N) is 1. The fourth-order valence-electron chi connectivity index (χ4n) is 1.31. The quantitative estimate of drug-likeness (QED) is 0.838. The number of aromatic nitrogens is 1. The van der Waals surface area contributed by atoms with Crippen LogP contribution in [0.25, 0.3) is 0 Å². The van der Waals surface area contributed by atoms with E-state index in [0.29, 0.717) is 11.6 Å². The molecule has 0 bridgehead atoms. The molecule has 2 rings (SSSR count). The van der Waals surface area contributed by atoms with Crippen LogP contribution in [0.3, 0.4) is 0 Å². The molecule has 2 N–H and O–H groups in total. The second-order valence-corrected chi connectivity index (χ2v) is 3.63. The molecule has 0 spiro atoms. The van der Waals surface area contributed by atoms with Gasteiger partial charge in [0.1, 0.15) is 5.75 Å². The van der Waals surface area contributed by atoms with Gasteiger partial charge in [0, 0.05) is 23.0 Å². The molecule has 1 aromatic carbocycles. The van der Waals surface area contributed by atoms with Crippen LogP contribution in [-0.2, 0) is 6.54 Å². The predicted octanol–water partition coefficient (Wildman–Crippen LogP) is 2.59. The lowest BCUT2D eigenvalue weighted by Gasteiger charge is -2.09. The van der Waals surface area contributed by atoms with Crippen molar-refractivity contribution in [3.05, 3.63) is 53.3 Å². The molecule has 0 radical (unpaired) electrons. The SMILES string of the molecule is Oc1ccc(Cl)cc1CNn1cccc1. The van der Waals surface area contributed by atoms with Gasteiger partial charge in [0.25, 0.3) is 0 Å². The van der Waals surface area contributed by atoms with E-state index in [1.807, 2.05) is 29.2 Å². The lowest BCUT2D eigenvalue weighted by molar-refractivity contribution is 0.468. The molecule has 4 heteroatoms. The fraction of sp³-hybridized carbons (Fsp3) is 0.0909. The zero-order valence-electron chi connectivity index (χ0n) is 8.02. The van der Waals surface area contributed by atoms with Crippen LogP contribution in [-0.4, -0.2) is 9.78 Å². The second kappa shape index (κ2) is 4.28. The van der Waals surface area contributed by atoms with Gasteiger partial charge in [-0.15, -0.1) is 0 Å². The average Bonchev–Trinajstić information content (AvgIpc) is 2.72. The van der Waals surface area contributed by atoms with Gasteiger partial charge >= 0.3 is 0 Å². The molecule has 1 heterocycles. The molecular formula is C11H11ClN2O. The Balaban J connectivity index is 2.07. The molecule has 0 unspecified atom stereocenters. The van der Waals surface area contributed by atoms with Crippen LogP contribution in [0.4, 0.5) is 0 Å². The first-order valence-corrected chi connectivity index (χ1v) is 4.98. The Morgan fingerprint density at radius 3 is 2.73 bits per heavy atom. The van der Waals surface area contributed by atoms with E-state index in [2.05, 4.69) is 5.43 Å². The van der Waals surface area contributed by atoms with Gasteiger partial charge in [-0.25, -0.2) is 0 Å². The van der Waals surface area contributed by atoms with Crippen molar-refractivity contribution in [2.45, 2.75) is 6.54 Å². The average molecular weight is 223 g/mol. The standard InChI is InChI=1S/C11H11ClN2O/c12-10-3-4-11(15)9(7-10)8-13-14-5-1-2-6-14/h1-7,13,15H,8H2. The monoisotopic (exact) mass is 222 g/mol. The molecule has 0 atom stereocenters. The van der Waals surface area contributed by atoms with E-state index < -0.39 is 0 Å². The highest BCUT2D eigenvalue weighted by Gasteiger charge is 2.01. The van der Waals surface area contributed by atoms with E-state index in [0.717, 1.165) is 5.56 Å². The largest absolute Gasteiger partial charge is 0.508 e. The zero-order valence-corrected chi connectivity index (χ0v) is 8.78. The summed E-state index contributed by atoms with van der Waals surface area (Å²) in [6.45, 7) is 0.529. The van der Waals surface area contributed by atoms with Crippen LogP contribution in [0.1, 0.15) is 5.56 Å². The molecule has 1 aromatic heterocycles. The van der Waals surface area contributed by atoms with Gasteiger partial charge in [-0.3, -0.25) is 4.68 Å². The van der Waals surface area contributed by atoms with Crippen molar-refractivity contribution >= 4 is 11.6 Å². The Morgan fingerprint density at radius 2 is 2.00 bits per heavy atom. The number of phenolic OH excluding ortho intramolecular Hbond substituents is 1. The van der Waals surface area contributed by atoms with E-state index in [9.17, 15) is 5.11 Å². The number of hydrogen-bond donors (Lipinski definition) is 2. The van der Waals surface area contributed by atoms with Gasteiger partial charge in [0.15, 0.2) is 0 Å². The molecule has 0 amide bonds. The molecule has 0 saturated carbocycles. The van der Waals surface area contributed by atoms with Crippen LogP contribution in [0.5, 0.6) is 5.75 Å². The molecule has 15 heavy (non-hydrogen) atoms. The molecule has 2 aromatic rings. The molecule has 3 nitrogen and oxygen atoms in total. The summed E-state index contributed by atoms with van der Waals surface area (Å²) in [7, 11) is 0. The third kappa shape index (κ3) is 2.44. The molecule has 0 saturated heterocycles. The number of rotatable bonds is 3. The lowest BCUT2D eigenvalue weighted by Crippen LogP contribution is -2.11. The van der Waals surface area contributed by atoms with E-state index >= 15 is 0 Å². The molecule has 0 aliphatic rings. The summed E-state index contributed by atoms with van der Waals surface area (Å²) < 4.78 is 1.82. The van der Waals surface area contributed by atoms with Crippen molar-refractivity contribution in [3.63, 3.8) is 0 Å². The van der Waals surface area contributed by atoms with E-state index in [1.54, 1.807) is 18.2 Å². The third-order valence-electron chi connectivity index (χ3n) is 2.10. The first kappa shape index (κ1) is 9.93. The van der Waals surface area contributed by atoms with Crippen LogP contribution >= 0.6 is 11.6 Å². The molecule has 0 aliphatic carbocycles. The van der Waals surface area contributed by atoms with Crippen molar-refractivity contribution in [2.24, 2.45) is 0 Å². The number of hydrogen-bond acceptors (Lipinski definition) is 2. The maximum absolute atomic E-state index is 9.56. The smallest absolute Gasteiger partial charge is 0.120 e. The summed E-state index contributed by atoms with van der Waals surface area (Å²) >= 11 is 5.83. The van der Waals surface area contributed by atoms with Crippen LogP contribution < -0.4 is 5.43 Å². The Labute approximate surface area is 92.9 Å². The Bertz CT molecular complexity index is 440. The zero-order chi connectivity index (χ0) is 10.7. The minimum absolute atomic E-state index is 0.249. The van der Waals surface area contributed by atoms with Crippen molar-refractivity contribution in [3.8, 4) is 5.75 Å². The maximum atomic E-state index is 9.56. The van der Waals surface area contributed by atoms with E-state index in [-0.39, 0.29) is 5.75 Å². The van der Waals surface area contributed by atoms with Gasteiger partial charge in [-0.2, -0.15) is 0 Å². The predicted molar refractivity (Wildman–Crippen MR) is 60.6 cm³/mol. The van der Waals surface area contributed by atoms with Gasteiger partial charge in [-0.1, -0.05) is 11.6 Å². The van der Waals surface area contributed by atoms with Gasteiger partial charge in [-0.05, 0) is 30.3 Å². The van der Waals surface area contributed by atoms with Crippen molar-refractivity contribution < 1.29 is 5.11 Å². The number of phenols is 1. The minimum atomic E-state index is 0.249. The Morgan fingerprint density at radius 1 is 1.27 bits per heavy atom. The fourth-order valence-corrected chi connectivity index (χ4v) is 1.51. The van der Waals surface area contributed by atoms with Crippen molar-refractivity contribution in [2.75, 3.05) is 5.43 Å². The van der Waals surface area contributed by atoms with Crippen molar-refractivity contribution in [1.82, 2.24) is 4.68 Å². The van der Waals surface area contributed by atoms with Gasteiger partial charge < -0.3 is 10.5 Å². The molecule has 0 fully saturated rings. The molecule has 0 aliphatic heterocycles. The van der Waals surface area contributed by atoms with Crippen LogP contribution in [0.2, 0.25) is 5.02 Å². The maximum Gasteiger partial charge on any atom is 0.120 e. The number of benzene rings is 1. The summed E-state index contributed by atoms with van der Waals surface area (Å²) in [5, 5.41) is 10.2. The summed E-state index contributed by atoms with van der Waals surface area (Å²) in [5.74, 6) is 0.249. The molecule has 78 valence electrons. The summed E-state index contributed by atoms with van der Waals surface area (Å²) in [6, 6.07) is 8.84. The third-order valence-corrected chi connectivity index (χ3v) is 2.33. The van der Waals surface area contributed by atoms with Crippen LogP contribution in [0.15, 0.2) is 42.7 Å². The topological polar surface area (TPSA) is 37.2 Å². The number of halogens is 1. The summed E-state index contributed by atoms with van der Waals surface area (Å²) in [6.07, 6.45) is 3.78. The normalized spacial score (nSPS) is 10.2. The van der Waals surface area contributed by atoms with Gasteiger partial charge in [0.2, 0.25) is 0 Å². The Hall–Kier alpha value is -1.61. The highest BCUT2D eigenvalue weighted by atomic mass is 35.5. The summed E-state index contributed by atoms with van der Waals surface area (Å²) in [5.41, 5.74) is 3.88. The highest BCUT2D eigenvalue weighted by molar-refractivity contribution is 6.30. The summed E-state index contributed by atoms with van der Waals surface area (Å²) in [4.78, 5) is 0. The highest BCUT2D eigenvalue weighted by Crippen LogP contribution is 2.21. The van der Waals surface area contributed by atoms with E-state index in [4.69, 9.17) is 11.6 Å². The Kier molecular flexibility index (Phi) is 2.83. The molecular weight excluding hydrogens is 212 g/mol. The first-order chi connectivity index (χ1) is 7.25. The number of nitrogens with one attached hydrogen (secondary N) is 1.